The lowest BCUT2D eigenvalue weighted by Crippen LogP contribution is -2.45. The molecule has 0 aromatic heterocycles. The van der Waals surface area contributed by atoms with Gasteiger partial charge < -0.3 is 10.4 Å². The molecular weight excluding hydrogens is 272 g/mol. The van der Waals surface area contributed by atoms with Gasteiger partial charge in [0, 0.05) is 37.8 Å². The summed E-state index contributed by atoms with van der Waals surface area (Å²) in [6.07, 6.45) is 3.89. The van der Waals surface area contributed by atoms with Crippen LogP contribution in [-0.2, 0) is 0 Å². The predicted molar refractivity (Wildman–Crippen MR) is 90.1 cm³/mol. The number of phenols is 1. The molecule has 2 fully saturated rings. The topological polar surface area (TPSA) is 35.5 Å². The number of nitrogens with zero attached hydrogens (tertiary/aromatic N) is 1. The SMILES string of the molecule is Oc1ccc2ccccc2c1[C@H](CC1CC1)N1CCNCC1. The highest BCUT2D eigenvalue weighted by Gasteiger charge is 2.32. The zero-order chi connectivity index (χ0) is 14.9. The minimum atomic E-state index is 0.348. The normalized spacial score (nSPS) is 21.1. The third-order valence-corrected chi connectivity index (χ3v) is 5.13. The third-order valence-electron chi connectivity index (χ3n) is 5.13. The maximum atomic E-state index is 10.6. The highest BCUT2D eigenvalue weighted by molar-refractivity contribution is 5.88. The molecule has 2 aromatic rings. The molecule has 2 aromatic carbocycles. The molecule has 1 saturated carbocycles. The van der Waals surface area contributed by atoms with E-state index < -0.39 is 0 Å². The van der Waals surface area contributed by atoms with Gasteiger partial charge in [-0.25, -0.2) is 0 Å². The van der Waals surface area contributed by atoms with Crippen LogP contribution in [0.2, 0.25) is 0 Å². The minimum Gasteiger partial charge on any atom is -0.508 e. The third kappa shape index (κ3) is 2.71. The molecule has 0 bridgehead atoms. The number of hydrogen-bond donors (Lipinski definition) is 2. The van der Waals surface area contributed by atoms with Gasteiger partial charge in [0.1, 0.15) is 5.75 Å². The highest BCUT2D eigenvalue weighted by Crippen LogP contribution is 2.44. The van der Waals surface area contributed by atoms with Gasteiger partial charge in [0.2, 0.25) is 0 Å². The van der Waals surface area contributed by atoms with Crippen LogP contribution in [0.1, 0.15) is 30.9 Å². The summed E-state index contributed by atoms with van der Waals surface area (Å²) in [5, 5.41) is 16.5. The maximum absolute atomic E-state index is 10.6. The van der Waals surface area contributed by atoms with Gasteiger partial charge in [0.15, 0.2) is 0 Å². The number of nitrogens with one attached hydrogen (secondary N) is 1. The van der Waals surface area contributed by atoms with Crippen LogP contribution in [0.4, 0.5) is 0 Å². The smallest absolute Gasteiger partial charge is 0.121 e. The van der Waals surface area contributed by atoms with E-state index in [1.54, 1.807) is 0 Å². The molecule has 0 amide bonds. The van der Waals surface area contributed by atoms with Gasteiger partial charge in [-0.2, -0.15) is 0 Å². The molecule has 1 heterocycles. The Kier molecular flexibility index (Phi) is 3.77. The molecule has 1 aliphatic carbocycles. The van der Waals surface area contributed by atoms with Crippen LogP contribution in [0.15, 0.2) is 36.4 Å². The van der Waals surface area contributed by atoms with Crippen molar-refractivity contribution in [3.8, 4) is 5.75 Å². The summed E-state index contributed by atoms with van der Waals surface area (Å²) in [6, 6.07) is 12.7. The van der Waals surface area contributed by atoms with Crippen molar-refractivity contribution in [2.24, 2.45) is 5.92 Å². The van der Waals surface area contributed by atoms with Crippen LogP contribution in [0.5, 0.6) is 5.75 Å². The maximum Gasteiger partial charge on any atom is 0.121 e. The van der Waals surface area contributed by atoms with E-state index in [0.29, 0.717) is 11.8 Å². The van der Waals surface area contributed by atoms with Gasteiger partial charge in [0.05, 0.1) is 0 Å². The molecule has 2 aliphatic rings. The van der Waals surface area contributed by atoms with Crippen LogP contribution in [0.3, 0.4) is 0 Å². The van der Waals surface area contributed by atoms with Crippen LogP contribution in [0.25, 0.3) is 10.8 Å². The van der Waals surface area contributed by atoms with Crippen molar-refractivity contribution < 1.29 is 5.11 Å². The lowest BCUT2D eigenvalue weighted by atomic mass is 9.92. The summed E-state index contributed by atoms with van der Waals surface area (Å²) >= 11 is 0. The predicted octanol–water partition coefficient (Wildman–Crippen LogP) is 3.29. The first-order valence-corrected chi connectivity index (χ1v) is 8.48. The monoisotopic (exact) mass is 296 g/mol. The molecule has 1 atom stereocenters. The second-order valence-corrected chi connectivity index (χ2v) is 6.70. The molecule has 0 radical (unpaired) electrons. The molecule has 0 unspecified atom stereocenters. The van der Waals surface area contributed by atoms with Gasteiger partial charge in [-0.15, -0.1) is 0 Å². The van der Waals surface area contributed by atoms with E-state index in [0.717, 1.165) is 37.7 Å². The van der Waals surface area contributed by atoms with Crippen molar-refractivity contribution in [2.75, 3.05) is 26.2 Å². The lowest BCUT2D eigenvalue weighted by molar-refractivity contribution is 0.159. The van der Waals surface area contributed by atoms with Gasteiger partial charge in [-0.05, 0) is 29.2 Å². The summed E-state index contributed by atoms with van der Waals surface area (Å²) in [4.78, 5) is 2.57. The minimum absolute atomic E-state index is 0.348. The Bertz CT molecular complexity index is 660. The number of piperazine rings is 1. The number of rotatable bonds is 4. The molecule has 2 N–H and O–H groups in total. The molecule has 4 rings (SSSR count). The molecule has 3 heteroatoms. The fraction of sp³-hybridized carbons (Fsp3) is 0.474. The Morgan fingerprint density at radius 3 is 2.64 bits per heavy atom. The largest absolute Gasteiger partial charge is 0.508 e. The summed E-state index contributed by atoms with van der Waals surface area (Å²) in [5.74, 6) is 1.31. The number of phenolic OH excluding ortho intramolecular Hbond substituents is 1. The lowest BCUT2D eigenvalue weighted by Gasteiger charge is -2.36. The van der Waals surface area contributed by atoms with Crippen LogP contribution in [-0.4, -0.2) is 36.2 Å². The fourth-order valence-corrected chi connectivity index (χ4v) is 3.75. The first kappa shape index (κ1) is 14.0. The van der Waals surface area contributed by atoms with Crippen LogP contribution < -0.4 is 5.32 Å². The summed E-state index contributed by atoms with van der Waals surface area (Å²) < 4.78 is 0. The molecule has 1 aliphatic heterocycles. The van der Waals surface area contributed by atoms with Gasteiger partial charge in [0.25, 0.3) is 0 Å². The quantitative estimate of drug-likeness (QED) is 0.909. The number of aromatic hydroxyl groups is 1. The second-order valence-electron chi connectivity index (χ2n) is 6.70. The molecule has 116 valence electrons. The number of hydrogen-bond acceptors (Lipinski definition) is 3. The zero-order valence-electron chi connectivity index (χ0n) is 13.0. The Balaban J connectivity index is 1.78. The second kappa shape index (κ2) is 5.90. The van der Waals surface area contributed by atoms with E-state index >= 15 is 0 Å². The average Bonchev–Trinajstić information content (AvgIpc) is 3.38. The van der Waals surface area contributed by atoms with Crippen LogP contribution in [0, 0.1) is 5.92 Å². The van der Waals surface area contributed by atoms with Gasteiger partial charge in [-0.3, -0.25) is 4.90 Å². The Morgan fingerprint density at radius 2 is 1.86 bits per heavy atom. The van der Waals surface area contributed by atoms with Crippen molar-refractivity contribution in [1.82, 2.24) is 10.2 Å². The van der Waals surface area contributed by atoms with Crippen molar-refractivity contribution in [3.05, 3.63) is 42.0 Å². The van der Waals surface area contributed by atoms with E-state index in [-0.39, 0.29) is 0 Å². The zero-order valence-corrected chi connectivity index (χ0v) is 13.0. The summed E-state index contributed by atoms with van der Waals surface area (Å²) in [6.45, 7) is 4.24. The van der Waals surface area contributed by atoms with Crippen LogP contribution >= 0.6 is 0 Å². The first-order valence-electron chi connectivity index (χ1n) is 8.48. The molecule has 22 heavy (non-hydrogen) atoms. The molecular formula is C19H24N2O. The van der Waals surface area contributed by atoms with Crippen molar-refractivity contribution in [1.29, 1.82) is 0 Å². The van der Waals surface area contributed by atoms with Crippen molar-refractivity contribution in [3.63, 3.8) is 0 Å². The van der Waals surface area contributed by atoms with Gasteiger partial charge >= 0.3 is 0 Å². The molecule has 0 spiro atoms. The standard InChI is InChI=1S/C19H24N2O/c22-18-8-7-15-3-1-2-4-16(15)19(18)17(13-14-5-6-14)21-11-9-20-10-12-21/h1-4,7-8,14,17,20,22H,5-6,9-13H2/t17-/m0/s1. The highest BCUT2D eigenvalue weighted by atomic mass is 16.3. The summed E-state index contributed by atoms with van der Waals surface area (Å²) in [7, 11) is 0. The van der Waals surface area contributed by atoms with E-state index in [1.807, 2.05) is 12.1 Å². The Morgan fingerprint density at radius 1 is 1.09 bits per heavy atom. The first-order chi connectivity index (χ1) is 10.8. The van der Waals surface area contributed by atoms with Crippen molar-refractivity contribution in [2.45, 2.75) is 25.3 Å². The molecule has 1 saturated heterocycles. The average molecular weight is 296 g/mol. The van der Waals surface area contributed by atoms with E-state index in [4.69, 9.17) is 0 Å². The Hall–Kier alpha value is -1.58. The van der Waals surface area contributed by atoms with Gasteiger partial charge in [-0.1, -0.05) is 43.2 Å². The summed E-state index contributed by atoms with van der Waals surface area (Å²) in [5.41, 5.74) is 1.15. The van der Waals surface area contributed by atoms with Crippen molar-refractivity contribution >= 4 is 10.8 Å². The number of fused-ring (bicyclic) bond motifs is 1. The fourth-order valence-electron chi connectivity index (χ4n) is 3.75. The van der Waals surface area contributed by atoms with E-state index in [9.17, 15) is 5.11 Å². The Labute approximate surface area is 131 Å². The van der Waals surface area contributed by atoms with E-state index in [1.165, 1.54) is 30.0 Å². The number of benzene rings is 2. The molecule has 3 nitrogen and oxygen atoms in total. The van der Waals surface area contributed by atoms with E-state index in [2.05, 4.69) is 34.5 Å².